The zero-order chi connectivity index (χ0) is 37.7. The third-order valence-corrected chi connectivity index (χ3v) is 8.82. The number of nitrogens with one attached hydrogen (secondary N) is 3. The zero-order valence-electron chi connectivity index (χ0n) is 27.2. The van der Waals surface area contributed by atoms with E-state index in [0.717, 1.165) is 17.7 Å². The molecule has 9 nitrogen and oxygen atoms in total. The molecule has 0 unspecified atom stereocenters. The standard InChI is InChI=1S/C37H25F7N6O3/c38-23-11-20(12-24(39)15-23)13-29(48-31(52)18-50-34-27(9-10-36(34,40)41)33(49-50)37(42,43)44)32-26(21-3-4-22-17-46-35(53)28(22)14-21)7-6-25(47-32)5-1-19-2-8-30(51)45-16-19/h2-4,6-8,11-12,14-16,29H,9-10,13,17-18H2,(H,45,51)(H,46,53)(H,48,52)/t29-/m0/s1. The molecule has 0 bridgehead atoms. The van der Waals surface area contributed by atoms with Gasteiger partial charge in [-0.05, 0) is 71.9 Å². The summed E-state index contributed by atoms with van der Waals surface area (Å²) in [4.78, 5) is 44.9. The van der Waals surface area contributed by atoms with Gasteiger partial charge in [0.15, 0.2) is 5.69 Å². The summed E-state index contributed by atoms with van der Waals surface area (Å²) in [5, 5.41) is 8.69. The van der Waals surface area contributed by atoms with Crippen molar-refractivity contribution in [2.24, 2.45) is 0 Å². The van der Waals surface area contributed by atoms with E-state index in [-0.39, 0.29) is 34.8 Å². The fourth-order valence-electron chi connectivity index (χ4n) is 6.50. The maximum Gasteiger partial charge on any atom is 0.435 e. The van der Waals surface area contributed by atoms with Gasteiger partial charge in [-0.2, -0.15) is 27.1 Å². The van der Waals surface area contributed by atoms with Crippen LogP contribution in [0.3, 0.4) is 0 Å². The average Bonchev–Trinajstić information content (AvgIpc) is 3.76. The molecular weight excluding hydrogens is 709 g/mol. The SMILES string of the molecule is O=C(Cn1nc(C(F)(F)F)c2c1C(F)(F)CC2)N[C@@H](Cc1cc(F)cc(F)c1)c1nc(C#Cc2ccc(=O)[nH]c2)ccc1-c1ccc2c(c1)C(=O)NC2. The van der Waals surface area contributed by atoms with E-state index in [1.165, 1.54) is 18.3 Å². The minimum Gasteiger partial charge on any atom is -0.348 e. The number of hydrogen-bond acceptors (Lipinski definition) is 5. The van der Waals surface area contributed by atoms with E-state index in [1.54, 1.807) is 30.3 Å². The monoisotopic (exact) mass is 734 g/mol. The number of alkyl halides is 5. The van der Waals surface area contributed by atoms with E-state index in [9.17, 15) is 45.1 Å². The van der Waals surface area contributed by atoms with Crippen LogP contribution in [-0.2, 0) is 42.8 Å². The Balaban J connectivity index is 1.33. The number of fused-ring (bicyclic) bond motifs is 2. The van der Waals surface area contributed by atoms with Crippen LogP contribution >= 0.6 is 0 Å². The molecule has 3 N–H and O–H groups in total. The molecule has 3 aromatic heterocycles. The van der Waals surface area contributed by atoms with Crippen molar-refractivity contribution >= 4 is 11.8 Å². The number of benzene rings is 2. The van der Waals surface area contributed by atoms with Gasteiger partial charge in [0.2, 0.25) is 11.5 Å². The van der Waals surface area contributed by atoms with Crippen molar-refractivity contribution in [2.75, 3.05) is 0 Å². The number of amides is 2. The van der Waals surface area contributed by atoms with E-state index in [0.29, 0.717) is 39.5 Å². The molecule has 270 valence electrons. The number of halogens is 7. The Morgan fingerprint density at radius 1 is 0.981 bits per heavy atom. The van der Waals surface area contributed by atoms with Gasteiger partial charge in [-0.1, -0.05) is 18.1 Å². The van der Waals surface area contributed by atoms with Crippen molar-refractivity contribution in [1.29, 1.82) is 0 Å². The molecule has 5 aromatic rings. The van der Waals surface area contributed by atoms with Crippen LogP contribution in [0, 0.1) is 23.5 Å². The van der Waals surface area contributed by atoms with Crippen LogP contribution in [0.4, 0.5) is 30.7 Å². The molecule has 1 aliphatic heterocycles. The average molecular weight is 735 g/mol. The highest BCUT2D eigenvalue weighted by Gasteiger charge is 2.50. The highest BCUT2D eigenvalue weighted by atomic mass is 19.4. The molecule has 0 saturated carbocycles. The molecule has 0 saturated heterocycles. The lowest BCUT2D eigenvalue weighted by Crippen LogP contribution is -2.35. The molecule has 1 aliphatic carbocycles. The lowest BCUT2D eigenvalue weighted by atomic mass is 9.93. The number of aromatic nitrogens is 4. The topological polar surface area (TPSA) is 122 Å². The third kappa shape index (κ3) is 7.27. The minimum atomic E-state index is -5.06. The molecule has 53 heavy (non-hydrogen) atoms. The van der Waals surface area contributed by atoms with Gasteiger partial charge in [-0.3, -0.25) is 19.1 Å². The summed E-state index contributed by atoms with van der Waals surface area (Å²) in [6, 6.07) is 12.2. The van der Waals surface area contributed by atoms with Crippen LogP contribution in [0.25, 0.3) is 11.1 Å². The number of nitrogens with zero attached hydrogens (tertiary/aromatic N) is 3. The third-order valence-electron chi connectivity index (χ3n) is 8.82. The molecular formula is C37H25F7N6O3. The number of pyridine rings is 2. The predicted molar refractivity (Wildman–Crippen MR) is 174 cm³/mol. The molecule has 2 amide bonds. The van der Waals surface area contributed by atoms with Gasteiger partial charge in [0, 0.05) is 53.5 Å². The molecule has 0 fully saturated rings. The van der Waals surface area contributed by atoms with E-state index in [1.807, 2.05) is 0 Å². The highest BCUT2D eigenvalue weighted by molar-refractivity contribution is 5.99. The van der Waals surface area contributed by atoms with Gasteiger partial charge >= 0.3 is 6.18 Å². The van der Waals surface area contributed by atoms with Crippen LogP contribution in [0.15, 0.2) is 71.7 Å². The number of hydrogen-bond donors (Lipinski definition) is 3. The van der Waals surface area contributed by atoms with Crippen molar-refractivity contribution in [3.8, 4) is 23.0 Å². The molecule has 0 spiro atoms. The second kappa shape index (κ2) is 13.4. The number of H-pyrrole nitrogens is 1. The summed E-state index contributed by atoms with van der Waals surface area (Å²) >= 11 is 0. The van der Waals surface area contributed by atoms with Gasteiger partial charge in [-0.15, -0.1) is 0 Å². The van der Waals surface area contributed by atoms with E-state index in [4.69, 9.17) is 0 Å². The van der Waals surface area contributed by atoms with Gasteiger partial charge in [-0.25, -0.2) is 13.8 Å². The maximum absolute atomic E-state index is 14.9. The fourth-order valence-corrected chi connectivity index (χ4v) is 6.50. The highest BCUT2D eigenvalue weighted by Crippen LogP contribution is 2.46. The van der Waals surface area contributed by atoms with Crippen molar-refractivity contribution in [3.05, 3.63) is 139 Å². The summed E-state index contributed by atoms with van der Waals surface area (Å²) in [6.45, 7) is -0.753. The predicted octanol–water partition coefficient (Wildman–Crippen LogP) is 5.71. The number of rotatable bonds is 7. The normalized spacial score (nSPS) is 14.9. The molecule has 7 rings (SSSR count). The molecule has 1 atom stereocenters. The molecule has 0 radical (unpaired) electrons. The van der Waals surface area contributed by atoms with Gasteiger partial charge in [0.1, 0.15) is 29.6 Å². The first-order chi connectivity index (χ1) is 25.1. The quantitative estimate of drug-likeness (QED) is 0.146. The lowest BCUT2D eigenvalue weighted by molar-refractivity contribution is -0.142. The second-order valence-corrected chi connectivity index (χ2v) is 12.5. The van der Waals surface area contributed by atoms with E-state index in [2.05, 4.69) is 37.5 Å². The van der Waals surface area contributed by atoms with Crippen LogP contribution in [0.1, 0.15) is 67.9 Å². The number of aromatic amines is 1. The van der Waals surface area contributed by atoms with Crippen LogP contribution < -0.4 is 16.2 Å². The lowest BCUT2D eigenvalue weighted by Gasteiger charge is -2.23. The van der Waals surface area contributed by atoms with Crippen LogP contribution in [-0.4, -0.2) is 31.6 Å². The van der Waals surface area contributed by atoms with E-state index < -0.39 is 72.0 Å². The molecule has 16 heteroatoms. The summed E-state index contributed by atoms with van der Waals surface area (Å²) in [7, 11) is 0. The Morgan fingerprint density at radius 2 is 1.75 bits per heavy atom. The second-order valence-electron chi connectivity index (χ2n) is 12.5. The first-order valence-corrected chi connectivity index (χ1v) is 16.1. The zero-order valence-corrected chi connectivity index (χ0v) is 27.2. The van der Waals surface area contributed by atoms with Crippen molar-refractivity contribution < 1.29 is 40.3 Å². The summed E-state index contributed by atoms with van der Waals surface area (Å²) in [6.07, 6.45) is -5.49. The van der Waals surface area contributed by atoms with E-state index >= 15 is 0 Å². The summed E-state index contributed by atoms with van der Waals surface area (Å²) in [5.74, 6) is -1.25. The Hall–Kier alpha value is -6.24. The maximum atomic E-state index is 14.9. The first-order valence-electron chi connectivity index (χ1n) is 16.1. The summed E-state index contributed by atoms with van der Waals surface area (Å²) in [5.41, 5.74) is -1.01. The van der Waals surface area contributed by atoms with Crippen LogP contribution in [0.2, 0.25) is 0 Å². The fraction of sp³-hybridized carbons (Fsp3) is 0.216. The number of carbonyl (C=O) groups excluding carboxylic acids is 2. The smallest absolute Gasteiger partial charge is 0.348 e. The molecule has 2 aromatic carbocycles. The molecule has 2 aliphatic rings. The minimum absolute atomic E-state index is 0.0458. The van der Waals surface area contributed by atoms with Crippen molar-refractivity contribution in [3.63, 3.8) is 0 Å². The van der Waals surface area contributed by atoms with Gasteiger partial charge < -0.3 is 15.6 Å². The first kappa shape index (κ1) is 35.2. The van der Waals surface area contributed by atoms with Gasteiger partial charge in [0.05, 0.1) is 11.7 Å². The summed E-state index contributed by atoms with van der Waals surface area (Å²) < 4.78 is 100. The molecule has 4 heterocycles. The Bertz CT molecular complexity index is 2390. The van der Waals surface area contributed by atoms with Gasteiger partial charge in [0.25, 0.3) is 11.8 Å². The number of carbonyl (C=O) groups is 2. The largest absolute Gasteiger partial charge is 0.435 e. The Labute approximate surface area is 295 Å². The van der Waals surface area contributed by atoms with Crippen molar-refractivity contribution in [1.82, 2.24) is 30.4 Å². The Kier molecular flexibility index (Phi) is 8.88. The van der Waals surface area contributed by atoms with Crippen LogP contribution in [0.5, 0.6) is 0 Å². The van der Waals surface area contributed by atoms with Crippen molar-refractivity contribution in [2.45, 2.75) is 50.5 Å². The Morgan fingerprint density at radius 3 is 2.47 bits per heavy atom.